The molecule has 54 heavy (non-hydrogen) atoms. The lowest BCUT2D eigenvalue weighted by molar-refractivity contribution is -0.347. The van der Waals surface area contributed by atoms with E-state index in [0.29, 0.717) is 0 Å². The number of hydrogen-bond acceptors (Lipinski definition) is 17. The van der Waals surface area contributed by atoms with Crippen molar-refractivity contribution < 1.29 is 75.4 Å². The van der Waals surface area contributed by atoms with Crippen LogP contribution in [0.15, 0.2) is 30.3 Å². The molecule has 1 saturated carbocycles. The molecule has 2 aliphatic heterocycles. The van der Waals surface area contributed by atoms with E-state index in [1.54, 1.807) is 24.3 Å². The molecule has 4 rings (SSSR count). The maximum atomic E-state index is 16.6. The van der Waals surface area contributed by atoms with Crippen molar-refractivity contribution in [2.45, 2.75) is 133 Å². The van der Waals surface area contributed by atoms with E-state index >= 15 is 8.78 Å². The summed E-state index contributed by atoms with van der Waals surface area (Å²) in [6.45, 7) is 3.72. The first-order valence-electron chi connectivity index (χ1n) is 17.3. The minimum atomic E-state index is -4.01. The highest BCUT2D eigenvalue weighted by Gasteiger charge is 2.61. The van der Waals surface area contributed by atoms with Gasteiger partial charge in [0.25, 0.3) is 0 Å². The Morgan fingerprint density at radius 2 is 1.37 bits per heavy atom. The van der Waals surface area contributed by atoms with Crippen LogP contribution in [-0.4, -0.2) is 122 Å². The smallest absolute Gasteiger partial charge is 0.407 e. The zero-order chi connectivity index (χ0) is 39.7. The zero-order valence-corrected chi connectivity index (χ0v) is 30.3. The average molecular weight is 775 g/mol. The van der Waals surface area contributed by atoms with Crippen LogP contribution < -0.4 is 22.5 Å². The van der Waals surface area contributed by atoms with Gasteiger partial charge in [0.2, 0.25) is 0 Å². The van der Waals surface area contributed by atoms with Gasteiger partial charge in [-0.2, -0.15) is 0 Å². The maximum absolute atomic E-state index is 16.6. The SMILES string of the molecule is CC(=O)OCC1OC(OC2C(N)CC(N)C(OC3OC(CNC(=O)OCc4ccccc4)CCC3OC(C)=O)C2(F)F)C(OC(C)=O)C(N)C1OC(C)=O. The Morgan fingerprint density at radius 3 is 1.96 bits per heavy atom. The Balaban J connectivity index is 1.51. The quantitative estimate of drug-likeness (QED) is 0.155. The third-order valence-corrected chi connectivity index (χ3v) is 8.81. The summed E-state index contributed by atoms with van der Waals surface area (Å²) >= 11 is 0. The monoisotopic (exact) mass is 774 g/mol. The number of alkyl carbamates (subject to hydrolysis) is 1. The lowest BCUT2D eigenvalue weighted by Crippen LogP contribution is -2.70. The van der Waals surface area contributed by atoms with Crippen molar-refractivity contribution in [3.63, 3.8) is 0 Å². The number of benzene rings is 1. The molecule has 0 spiro atoms. The molecule has 3 aliphatic rings. The van der Waals surface area contributed by atoms with Crippen molar-refractivity contribution in [2.75, 3.05) is 13.2 Å². The summed E-state index contributed by atoms with van der Waals surface area (Å²) in [5.74, 6) is -7.17. The largest absolute Gasteiger partial charge is 0.463 e. The van der Waals surface area contributed by atoms with Crippen LogP contribution in [0.1, 0.15) is 52.5 Å². The molecule has 1 aromatic carbocycles. The van der Waals surface area contributed by atoms with Crippen molar-refractivity contribution >= 4 is 30.0 Å². The third kappa shape index (κ3) is 11.5. The maximum Gasteiger partial charge on any atom is 0.407 e. The molecule has 20 heteroatoms. The van der Waals surface area contributed by atoms with Gasteiger partial charge in [0, 0.05) is 46.3 Å². The number of alkyl halides is 2. The van der Waals surface area contributed by atoms with E-state index in [1.165, 1.54) is 0 Å². The fourth-order valence-corrected chi connectivity index (χ4v) is 6.43. The lowest BCUT2D eigenvalue weighted by atomic mass is 9.83. The summed E-state index contributed by atoms with van der Waals surface area (Å²) in [4.78, 5) is 59.9. The summed E-state index contributed by atoms with van der Waals surface area (Å²) in [5.41, 5.74) is 19.5. The van der Waals surface area contributed by atoms with E-state index in [2.05, 4.69) is 5.32 Å². The molecule has 12 unspecified atom stereocenters. The predicted octanol–water partition coefficient (Wildman–Crippen LogP) is 0.292. The molecule has 1 aliphatic carbocycles. The number of rotatable bonds is 13. The van der Waals surface area contributed by atoms with Crippen LogP contribution in [0.4, 0.5) is 13.6 Å². The van der Waals surface area contributed by atoms with Crippen LogP contribution in [0.5, 0.6) is 0 Å². The number of hydrogen-bond donors (Lipinski definition) is 4. The fraction of sp³-hybridized carbons (Fsp3) is 0.676. The summed E-state index contributed by atoms with van der Waals surface area (Å²) in [6, 6.07) is 4.72. The first-order chi connectivity index (χ1) is 25.5. The Bertz CT molecular complexity index is 1460. The second-order valence-corrected chi connectivity index (χ2v) is 13.2. The topological polar surface area (TPSA) is 259 Å². The van der Waals surface area contributed by atoms with Gasteiger partial charge in [0.1, 0.15) is 31.5 Å². The summed E-state index contributed by atoms with van der Waals surface area (Å²) in [7, 11) is 0. The number of esters is 4. The second-order valence-electron chi connectivity index (χ2n) is 13.2. The molecule has 2 heterocycles. The van der Waals surface area contributed by atoms with Gasteiger partial charge in [0.05, 0.1) is 12.1 Å². The van der Waals surface area contributed by atoms with Crippen LogP contribution in [-0.2, 0) is 68.4 Å². The first-order valence-corrected chi connectivity index (χ1v) is 17.3. The van der Waals surface area contributed by atoms with Crippen LogP contribution in [0.3, 0.4) is 0 Å². The molecule has 2 saturated heterocycles. The van der Waals surface area contributed by atoms with E-state index in [9.17, 15) is 24.0 Å². The van der Waals surface area contributed by atoms with E-state index in [4.69, 9.17) is 59.8 Å². The lowest BCUT2D eigenvalue weighted by Gasteiger charge is -2.49. The molecule has 18 nitrogen and oxygen atoms in total. The molecule has 1 aromatic rings. The normalized spacial score (nSPS) is 33.4. The highest BCUT2D eigenvalue weighted by atomic mass is 19.3. The fourth-order valence-electron chi connectivity index (χ4n) is 6.43. The number of nitrogens with two attached hydrogens (primary N) is 3. The molecule has 12 atom stereocenters. The predicted molar refractivity (Wildman–Crippen MR) is 178 cm³/mol. The molecule has 0 bridgehead atoms. The van der Waals surface area contributed by atoms with Gasteiger partial charge < -0.3 is 65.1 Å². The zero-order valence-electron chi connectivity index (χ0n) is 30.3. The number of carbonyl (C=O) groups excluding carboxylic acids is 5. The van der Waals surface area contributed by atoms with E-state index < -0.39 is 116 Å². The van der Waals surface area contributed by atoms with Gasteiger partial charge in [-0.25, -0.2) is 13.6 Å². The van der Waals surface area contributed by atoms with Crippen molar-refractivity contribution in [2.24, 2.45) is 17.2 Å². The van der Waals surface area contributed by atoms with Gasteiger partial charge in [-0.3, -0.25) is 19.2 Å². The van der Waals surface area contributed by atoms with Crippen LogP contribution in [0.2, 0.25) is 0 Å². The molecular weight excluding hydrogens is 726 g/mol. The van der Waals surface area contributed by atoms with E-state index in [0.717, 1.165) is 33.3 Å². The summed E-state index contributed by atoms with van der Waals surface area (Å²) in [6.07, 6.45) is -14.6. The van der Waals surface area contributed by atoms with E-state index in [1.807, 2.05) is 6.07 Å². The van der Waals surface area contributed by atoms with Gasteiger partial charge in [-0.15, -0.1) is 0 Å². The van der Waals surface area contributed by atoms with Gasteiger partial charge in [-0.1, -0.05) is 30.3 Å². The Hall–Kier alpha value is -4.05. The highest BCUT2D eigenvalue weighted by molar-refractivity contribution is 5.68. The minimum Gasteiger partial charge on any atom is -0.463 e. The van der Waals surface area contributed by atoms with Crippen molar-refractivity contribution in [1.82, 2.24) is 5.32 Å². The number of halogens is 2. The first kappa shape index (κ1) is 42.7. The second kappa shape index (κ2) is 19.0. The summed E-state index contributed by atoms with van der Waals surface area (Å²) in [5, 5.41) is 2.56. The third-order valence-electron chi connectivity index (χ3n) is 8.81. The van der Waals surface area contributed by atoms with Crippen LogP contribution in [0.25, 0.3) is 0 Å². The minimum absolute atomic E-state index is 0.0115. The van der Waals surface area contributed by atoms with Gasteiger partial charge in [0.15, 0.2) is 30.9 Å². The van der Waals surface area contributed by atoms with E-state index in [-0.39, 0.29) is 32.4 Å². The standard InChI is InChI=1S/C34H48F2N4O14/c1-16(41)46-15-25-27(49-18(3)43)26(39)28(50-19(4)44)32(52-25)54-30-23(38)12-22(37)29(34(30,35)36)53-31-24(48-17(2)42)11-10-21(51-31)13-40-33(45)47-14-20-8-6-5-7-9-20/h5-9,21-32H,10-15,37-39H2,1-4H3,(H,40,45). The van der Waals surface area contributed by atoms with Crippen molar-refractivity contribution in [3.8, 4) is 0 Å². The van der Waals surface area contributed by atoms with Crippen LogP contribution >= 0.6 is 0 Å². The average Bonchev–Trinajstić information content (AvgIpc) is 3.09. The molecule has 0 radical (unpaired) electrons. The summed E-state index contributed by atoms with van der Waals surface area (Å²) < 4.78 is 82.7. The van der Waals surface area contributed by atoms with Crippen LogP contribution in [0, 0.1) is 0 Å². The molecular formula is C34H48F2N4O14. The number of carbonyl (C=O) groups is 5. The van der Waals surface area contributed by atoms with Crippen molar-refractivity contribution in [1.29, 1.82) is 0 Å². The number of ether oxygens (including phenoxy) is 9. The number of amides is 1. The number of nitrogens with one attached hydrogen (secondary N) is 1. The molecule has 3 fully saturated rings. The molecule has 302 valence electrons. The van der Waals surface area contributed by atoms with Gasteiger partial charge >= 0.3 is 35.9 Å². The highest BCUT2D eigenvalue weighted by Crippen LogP contribution is 2.41. The van der Waals surface area contributed by atoms with Gasteiger partial charge in [-0.05, 0) is 24.8 Å². The Kier molecular flexibility index (Phi) is 15.0. The van der Waals surface area contributed by atoms with Crippen molar-refractivity contribution in [3.05, 3.63) is 35.9 Å². The molecule has 1 amide bonds. The Labute approximate surface area is 309 Å². The molecule has 0 aromatic heterocycles. The Morgan fingerprint density at radius 1 is 0.778 bits per heavy atom. The molecule has 7 N–H and O–H groups in total.